The van der Waals surface area contributed by atoms with Gasteiger partial charge in [0.15, 0.2) is 0 Å². The minimum Gasteiger partial charge on any atom is -0.325 e. The average molecular weight is 382 g/mol. The molecule has 0 aromatic heterocycles. The van der Waals surface area contributed by atoms with Gasteiger partial charge in [-0.2, -0.15) is 0 Å². The third-order valence-corrected chi connectivity index (χ3v) is 5.81. The van der Waals surface area contributed by atoms with Crippen LogP contribution >= 0.6 is 11.9 Å². The summed E-state index contributed by atoms with van der Waals surface area (Å²) in [5.41, 5.74) is 6.74. The lowest BCUT2D eigenvalue weighted by molar-refractivity contribution is 0.646. The highest BCUT2D eigenvalue weighted by Crippen LogP contribution is 2.30. The third-order valence-electron chi connectivity index (χ3n) is 5.01. The van der Waals surface area contributed by atoms with Gasteiger partial charge in [-0.3, -0.25) is 0 Å². The van der Waals surface area contributed by atoms with E-state index in [9.17, 15) is 0 Å². The summed E-state index contributed by atoms with van der Waals surface area (Å²) in [4.78, 5) is 1.28. The minimum atomic E-state index is 0.567. The van der Waals surface area contributed by atoms with E-state index < -0.39 is 0 Å². The molecule has 2 heteroatoms. The van der Waals surface area contributed by atoms with Crippen molar-refractivity contribution in [2.75, 3.05) is 4.72 Å². The number of aryl methyl sites for hydroxylation is 3. The van der Waals surface area contributed by atoms with Crippen LogP contribution < -0.4 is 4.72 Å². The first kappa shape index (κ1) is 21.6. The van der Waals surface area contributed by atoms with Gasteiger partial charge < -0.3 is 4.72 Å². The first-order valence-electron chi connectivity index (χ1n) is 10.2. The molecule has 0 bridgehead atoms. The second kappa shape index (κ2) is 11.2. The van der Waals surface area contributed by atoms with Crippen LogP contribution in [0.1, 0.15) is 74.1 Å². The number of rotatable bonds is 11. The quantitative estimate of drug-likeness (QED) is 0.239. The summed E-state index contributed by atoms with van der Waals surface area (Å²) in [7, 11) is 0. The Labute approximate surface area is 170 Å². The maximum Gasteiger partial charge on any atom is 0.0502 e. The van der Waals surface area contributed by atoms with E-state index in [1.54, 1.807) is 11.9 Å². The van der Waals surface area contributed by atoms with Crippen LogP contribution in [0.25, 0.3) is 0 Å². The molecule has 0 saturated carbocycles. The minimum absolute atomic E-state index is 0.567. The molecular weight excluding hydrogens is 346 g/mol. The fourth-order valence-electron chi connectivity index (χ4n) is 3.34. The zero-order valence-electron chi connectivity index (χ0n) is 17.5. The molecule has 0 heterocycles. The Morgan fingerprint density at radius 2 is 1.70 bits per heavy atom. The second-order valence-corrected chi connectivity index (χ2v) is 8.66. The van der Waals surface area contributed by atoms with E-state index in [0.717, 1.165) is 6.42 Å². The molecule has 2 aromatic carbocycles. The SMILES string of the molecule is C=CCCCCCCc1cccc(SNc2c(C)cc(C(C)C)cc2C)c1. The van der Waals surface area contributed by atoms with Gasteiger partial charge in [-0.1, -0.05) is 57.0 Å². The lowest BCUT2D eigenvalue weighted by Crippen LogP contribution is -1.97. The molecule has 0 fully saturated rings. The maximum atomic E-state index is 3.79. The Morgan fingerprint density at radius 1 is 1.00 bits per heavy atom. The zero-order chi connectivity index (χ0) is 19.6. The van der Waals surface area contributed by atoms with Crippen LogP contribution in [0.3, 0.4) is 0 Å². The molecule has 0 aliphatic carbocycles. The number of hydrogen-bond donors (Lipinski definition) is 1. The second-order valence-electron chi connectivity index (χ2n) is 7.78. The molecule has 0 spiro atoms. The van der Waals surface area contributed by atoms with Crippen LogP contribution in [0, 0.1) is 13.8 Å². The summed E-state index contributed by atoms with van der Waals surface area (Å²) in [6, 6.07) is 13.6. The molecule has 0 aliphatic rings. The smallest absolute Gasteiger partial charge is 0.0502 e. The molecule has 0 atom stereocenters. The molecule has 1 nitrogen and oxygen atoms in total. The molecule has 27 heavy (non-hydrogen) atoms. The largest absolute Gasteiger partial charge is 0.325 e. The van der Waals surface area contributed by atoms with Gasteiger partial charge in [0.05, 0.1) is 5.69 Å². The normalized spacial score (nSPS) is 11.0. The van der Waals surface area contributed by atoms with E-state index in [0.29, 0.717) is 5.92 Å². The monoisotopic (exact) mass is 381 g/mol. The van der Waals surface area contributed by atoms with Gasteiger partial charge in [0.2, 0.25) is 0 Å². The molecule has 146 valence electrons. The Balaban J connectivity index is 1.90. The van der Waals surface area contributed by atoms with Crippen molar-refractivity contribution >= 4 is 17.6 Å². The van der Waals surface area contributed by atoms with Crippen molar-refractivity contribution in [1.29, 1.82) is 0 Å². The van der Waals surface area contributed by atoms with Gasteiger partial charge >= 0.3 is 0 Å². The first-order chi connectivity index (χ1) is 13.0. The Bertz CT molecular complexity index is 710. The summed E-state index contributed by atoms with van der Waals surface area (Å²) in [6.45, 7) is 12.7. The predicted octanol–water partition coefficient (Wildman–Crippen LogP) is 8.23. The summed E-state index contributed by atoms with van der Waals surface area (Å²) < 4.78 is 3.59. The van der Waals surface area contributed by atoms with E-state index >= 15 is 0 Å². The zero-order valence-corrected chi connectivity index (χ0v) is 18.3. The van der Waals surface area contributed by atoms with Gasteiger partial charge in [0.25, 0.3) is 0 Å². The van der Waals surface area contributed by atoms with Crippen molar-refractivity contribution in [3.05, 3.63) is 71.3 Å². The summed E-state index contributed by atoms with van der Waals surface area (Å²) in [5, 5.41) is 0. The number of anilines is 1. The molecular formula is C25H35NS. The van der Waals surface area contributed by atoms with Crippen LogP contribution in [0.15, 0.2) is 53.9 Å². The van der Waals surface area contributed by atoms with Crippen molar-refractivity contribution in [2.45, 2.75) is 77.0 Å². The highest BCUT2D eigenvalue weighted by molar-refractivity contribution is 8.00. The number of hydrogen-bond acceptors (Lipinski definition) is 2. The molecule has 0 unspecified atom stereocenters. The van der Waals surface area contributed by atoms with Crippen LogP contribution in [0.4, 0.5) is 5.69 Å². The van der Waals surface area contributed by atoms with E-state index in [-0.39, 0.29) is 0 Å². The first-order valence-corrected chi connectivity index (χ1v) is 11.1. The van der Waals surface area contributed by atoms with Gasteiger partial charge in [-0.25, -0.2) is 0 Å². The summed E-state index contributed by atoms with van der Waals surface area (Å²) in [5.74, 6) is 0.567. The lowest BCUT2D eigenvalue weighted by Gasteiger charge is -2.16. The predicted molar refractivity (Wildman–Crippen MR) is 123 cm³/mol. The van der Waals surface area contributed by atoms with E-state index in [4.69, 9.17) is 0 Å². The summed E-state index contributed by atoms with van der Waals surface area (Å²) >= 11 is 1.72. The van der Waals surface area contributed by atoms with Crippen molar-refractivity contribution in [1.82, 2.24) is 0 Å². The van der Waals surface area contributed by atoms with Gasteiger partial charge in [-0.15, -0.1) is 6.58 Å². The summed E-state index contributed by atoms with van der Waals surface area (Å²) in [6.07, 6.45) is 9.51. The highest BCUT2D eigenvalue weighted by atomic mass is 32.2. The van der Waals surface area contributed by atoms with Gasteiger partial charge in [0.1, 0.15) is 0 Å². The molecule has 2 rings (SSSR count). The Hall–Kier alpha value is -1.67. The third kappa shape index (κ3) is 7.10. The maximum absolute atomic E-state index is 3.79. The van der Waals surface area contributed by atoms with Crippen molar-refractivity contribution in [3.63, 3.8) is 0 Å². The highest BCUT2D eigenvalue weighted by Gasteiger charge is 2.08. The molecule has 1 N–H and O–H groups in total. The topological polar surface area (TPSA) is 12.0 Å². The van der Waals surface area contributed by atoms with E-state index in [1.165, 1.54) is 64.9 Å². The van der Waals surface area contributed by atoms with Gasteiger partial charge in [-0.05, 0) is 91.8 Å². The average Bonchev–Trinajstić information content (AvgIpc) is 2.64. The Kier molecular flexibility index (Phi) is 9.00. The standard InChI is InChI=1S/C25H35NS/c1-6-7-8-9-10-11-13-22-14-12-15-24(18-22)27-26-25-20(4)16-23(19(2)3)17-21(25)5/h6,12,14-19,26H,1,7-11,13H2,2-5H3. The van der Waals surface area contributed by atoms with Crippen LogP contribution in [0.2, 0.25) is 0 Å². The Morgan fingerprint density at radius 3 is 2.37 bits per heavy atom. The van der Waals surface area contributed by atoms with E-state index in [1.807, 2.05) is 6.08 Å². The molecule has 0 radical (unpaired) electrons. The van der Waals surface area contributed by atoms with E-state index in [2.05, 4.69) is 75.4 Å². The number of unbranched alkanes of at least 4 members (excludes halogenated alkanes) is 4. The molecule has 0 aliphatic heterocycles. The number of allylic oxidation sites excluding steroid dienone is 1. The van der Waals surface area contributed by atoms with Crippen LogP contribution in [-0.4, -0.2) is 0 Å². The van der Waals surface area contributed by atoms with Gasteiger partial charge in [0, 0.05) is 4.90 Å². The molecule has 0 saturated heterocycles. The fraction of sp³-hybridized carbons (Fsp3) is 0.440. The molecule has 0 amide bonds. The van der Waals surface area contributed by atoms with Crippen molar-refractivity contribution in [2.24, 2.45) is 0 Å². The number of benzene rings is 2. The fourth-order valence-corrected chi connectivity index (χ4v) is 4.24. The molecule has 2 aromatic rings. The van der Waals surface area contributed by atoms with Crippen molar-refractivity contribution in [3.8, 4) is 0 Å². The van der Waals surface area contributed by atoms with Crippen molar-refractivity contribution < 1.29 is 0 Å². The number of nitrogens with one attached hydrogen (secondary N) is 1. The van der Waals surface area contributed by atoms with Crippen LogP contribution in [0.5, 0.6) is 0 Å². The van der Waals surface area contributed by atoms with Crippen LogP contribution in [-0.2, 0) is 6.42 Å². The lowest BCUT2D eigenvalue weighted by atomic mass is 9.97.